The quantitative estimate of drug-likeness (QED) is 0.737. The van der Waals surface area contributed by atoms with Crippen molar-refractivity contribution in [3.8, 4) is 11.9 Å². The highest BCUT2D eigenvalue weighted by Gasteiger charge is 2.22. The summed E-state index contributed by atoms with van der Waals surface area (Å²) in [6.07, 6.45) is 1.83. The Labute approximate surface area is 126 Å². The maximum Gasteiger partial charge on any atom is 0.321 e. The molecule has 0 aliphatic rings. The van der Waals surface area contributed by atoms with Crippen LogP contribution >= 0.6 is 11.5 Å². The Hall–Kier alpha value is -2.34. The fourth-order valence-electron chi connectivity index (χ4n) is 1.36. The lowest BCUT2D eigenvalue weighted by atomic mass is 10.2. The highest BCUT2D eigenvalue weighted by Crippen LogP contribution is 2.30. The second-order valence-corrected chi connectivity index (χ2v) is 5.12. The number of hydrogen-bond acceptors (Lipinski definition) is 6. The molecule has 0 aliphatic heterocycles. The van der Waals surface area contributed by atoms with Crippen LogP contribution in [0.1, 0.15) is 29.6 Å². The maximum absolute atomic E-state index is 11.6. The van der Waals surface area contributed by atoms with Crippen LogP contribution in [0, 0.1) is 11.3 Å². The van der Waals surface area contributed by atoms with E-state index in [0.717, 1.165) is 11.5 Å². The van der Waals surface area contributed by atoms with E-state index in [9.17, 15) is 9.59 Å². The summed E-state index contributed by atoms with van der Waals surface area (Å²) in [5.41, 5.74) is 5.37. The Balaban J connectivity index is 2.73. The van der Waals surface area contributed by atoms with Crippen LogP contribution in [0.15, 0.2) is 0 Å². The van der Waals surface area contributed by atoms with Gasteiger partial charge in [-0.1, -0.05) is 0 Å². The number of nitrogens with two attached hydrogens (primary N) is 1. The second-order valence-electron chi connectivity index (χ2n) is 4.34. The second kappa shape index (κ2) is 8.06. The highest BCUT2D eigenvalue weighted by molar-refractivity contribution is 7.11. The normalized spacial score (nSPS) is 9.76. The molecule has 0 fully saturated rings. The zero-order valence-corrected chi connectivity index (χ0v) is 12.7. The van der Waals surface area contributed by atoms with Crippen molar-refractivity contribution in [1.82, 2.24) is 9.27 Å². The topological polar surface area (TPSA) is 121 Å². The lowest BCUT2D eigenvalue weighted by Gasteiger charge is -2.11. The average Bonchev–Trinajstić information content (AvgIpc) is 2.81. The summed E-state index contributed by atoms with van der Waals surface area (Å²) in [5.74, 6) is -0.608. The Morgan fingerprint density at radius 2 is 2.19 bits per heavy atom. The van der Waals surface area contributed by atoms with Crippen molar-refractivity contribution in [1.29, 1.82) is 5.26 Å². The molecule has 3 N–H and O–H groups in total. The molecule has 9 heteroatoms. The minimum Gasteiger partial charge on any atom is -0.476 e. The number of hydrogen-bond donors (Lipinski definition) is 2. The van der Waals surface area contributed by atoms with Crippen molar-refractivity contribution in [2.75, 3.05) is 26.0 Å². The van der Waals surface area contributed by atoms with Gasteiger partial charge < -0.3 is 15.4 Å². The van der Waals surface area contributed by atoms with Crippen molar-refractivity contribution < 1.29 is 14.3 Å². The number of rotatable bonds is 7. The van der Waals surface area contributed by atoms with Crippen LogP contribution < -0.4 is 15.8 Å². The summed E-state index contributed by atoms with van der Waals surface area (Å²) >= 11 is 0.932. The number of carbonyl (C=O) groups excluding carboxylic acids is 2. The number of carbonyl (C=O) groups is 2. The van der Waals surface area contributed by atoms with Gasteiger partial charge in [-0.3, -0.25) is 10.1 Å². The fourth-order valence-corrected chi connectivity index (χ4v) is 2.09. The number of amides is 3. The van der Waals surface area contributed by atoms with Crippen molar-refractivity contribution >= 4 is 28.5 Å². The van der Waals surface area contributed by atoms with E-state index in [4.69, 9.17) is 15.7 Å². The molecule has 0 bridgehead atoms. The first-order chi connectivity index (χ1) is 9.97. The van der Waals surface area contributed by atoms with Crippen molar-refractivity contribution in [3.05, 3.63) is 5.56 Å². The van der Waals surface area contributed by atoms with Gasteiger partial charge in [0.2, 0.25) is 5.88 Å². The first-order valence-electron chi connectivity index (χ1n) is 6.25. The zero-order chi connectivity index (χ0) is 15.8. The van der Waals surface area contributed by atoms with E-state index in [0.29, 0.717) is 25.9 Å². The van der Waals surface area contributed by atoms with Crippen molar-refractivity contribution in [2.24, 2.45) is 5.73 Å². The maximum atomic E-state index is 11.6. The van der Waals surface area contributed by atoms with Gasteiger partial charge in [0.05, 0.1) is 12.7 Å². The first-order valence-corrected chi connectivity index (χ1v) is 7.02. The number of nitrogens with zero attached hydrogens (tertiary/aromatic N) is 3. The molecule has 0 aromatic carbocycles. The molecule has 0 saturated heterocycles. The summed E-state index contributed by atoms with van der Waals surface area (Å²) in [7, 11) is 3.15. The number of urea groups is 1. The Bertz CT molecular complexity index is 550. The predicted octanol–water partition coefficient (Wildman–Crippen LogP) is 1.41. The van der Waals surface area contributed by atoms with Gasteiger partial charge in [0, 0.05) is 20.5 Å². The third-order valence-corrected chi connectivity index (χ3v) is 3.20. The summed E-state index contributed by atoms with van der Waals surface area (Å²) in [4.78, 5) is 24.4. The van der Waals surface area contributed by atoms with Crippen LogP contribution in [0.5, 0.6) is 5.88 Å². The lowest BCUT2D eigenvalue weighted by molar-refractivity contribution is 0.0997. The van der Waals surface area contributed by atoms with Gasteiger partial charge in [-0.05, 0) is 24.4 Å². The molecule has 8 nitrogen and oxygen atoms in total. The summed E-state index contributed by atoms with van der Waals surface area (Å²) in [6.45, 7) is 0.326. The summed E-state index contributed by atoms with van der Waals surface area (Å²) < 4.78 is 9.38. The molecule has 21 heavy (non-hydrogen) atoms. The molecule has 0 radical (unpaired) electrons. The lowest BCUT2D eigenvalue weighted by Crippen LogP contribution is -2.28. The molecule has 3 amide bonds. The van der Waals surface area contributed by atoms with Crippen LogP contribution in [0.25, 0.3) is 0 Å². The van der Waals surface area contributed by atoms with Crippen LogP contribution in [0.4, 0.5) is 9.80 Å². The molecule has 0 unspecified atom stereocenters. The molecule has 1 aromatic heterocycles. The summed E-state index contributed by atoms with van der Waals surface area (Å²) in [6, 6.07) is 1.65. The van der Waals surface area contributed by atoms with E-state index >= 15 is 0 Å². The van der Waals surface area contributed by atoms with Crippen LogP contribution in [-0.2, 0) is 0 Å². The standard InChI is InChI=1S/C12H17N5O3S/c1-17(2)12(19)15-11-8(9(14)18)10(16-21-11)20-7-5-3-4-6-13/h3-5,7H2,1-2H3,(H2,14,18)(H,15,19). The minimum absolute atomic E-state index is 0.0653. The Kier molecular flexibility index (Phi) is 6.42. The van der Waals surface area contributed by atoms with E-state index in [-0.39, 0.29) is 22.5 Å². The molecule has 1 heterocycles. The molecule has 0 spiro atoms. The van der Waals surface area contributed by atoms with Crippen molar-refractivity contribution in [2.45, 2.75) is 19.3 Å². The van der Waals surface area contributed by atoms with E-state index in [2.05, 4.69) is 9.69 Å². The van der Waals surface area contributed by atoms with Crippen LogP contribution in [0.3, 0.4) is 0 Å². The fraction of sp³-hybridized carbons (Fsp3) is 0.500. The number of ether oxygens (including phenoxy) is 1. The van der Waals surface area contributed by atoms with Crippen molar-refractivity contribution in [3.63, 3.8) is 0 Å². The number of anilines is 1. The average molecular weight is 311 g/mol. The number of aromatic nitrogens is 1. The Morgan fingerprint density at radius 3 is 2.76 bits per heavy atom. The third kappa shape index (κ3) is 4.92. The molecule has 1 aromatic rings. The number of nitriles is 1. The molecular weight excluding hydrogens is 294 g/mol. The number of primary amides is 1. The molecule has 0 saturated carbocycles. The molecular formula is C12H17N5O3S. The first kappa shape index (κ1) is 16.7. The van der Waals surface area contributed by atoms with E-state index in [1.165, 1.54) is 4.90 Å². The highest BCUT2D eigenvalue weighted by atomic mass is 32.1. The predicted molar refractivity (Wildman–Crippen MR) is 78.3 cm³/mol. The minimum atomic E-state index is -0.718. The molecule has 0 aliphatic carbocycles. The van der Waals surface area contributed by atoms with E-state index in [1.54, 1.807) is 14.1 Å². The van der Waals surface area contributed by atoms with E-state index < -0.39 is 5.91 Å². The van der Waals surface area contributed by atoms with Gasteiger partial charge >= 0.3 is 6.03 Å². The van der Waals surface area contributed by atoms with Crippen LogP contribution in [0.2, 0.25) is 0 Å². The number of unbranched alkanes of at least 4 members (excludes halogenated alkanes) is 2. The third-order valence-electron chi connectivity index (χ3n) is 2.46. The Morgan fingerprint density at radius 1 is 1.48 bits per heavy atom. The van der Waals surface area contributed by atoms with Gasteiger partial charge in [-0.15, -0.1) is 0 Å². The SMILES string of the molecule is CN(C)C(=O)Nc1snc(OCCCCC#N)c1C(N)=O. The molecule has 1 rings (SSSR count). The monoisotopic (exact) mass is 311 g/mol. The van der Waals surface area contributed by atoms with Crippen LogP contribution in [-0.4, -0.2) is 41.9 Å². The zero-order valence-electron chi connectivity index (χ0n) is 11.9. The van der Waals surface area contributed by atoms with E-state index in [1.807, 2.05) is 6.07 Å². The van der Waals surface area contributed by atoms with Gasteiger partial charge in [0.1, 0.15) is 10.6 Å². The van der Waals surface area contributed by atoms with Gasteiger partial charge in [-0.2, -0.15) is 9.64 Å². The largest absolute Gasteiger partial charge is 0.476 e. The number of nitrogens with one attached hydrogen (secondary N) is 1. The van der Waals surface area contributed by atoms with Gasteiger partial charge in [0.15, 0.2) is 0 Å². The molecule has 0 atom stereocenters. The summed E-state index contributed by atoms with van der Waals surface area (Å²) in [5, 5.41) is 11.2. The molecule has 114 valence electrons. The van der Waals surface area contributed by atoms with Gasteiger partial charge in [-0.25, -0.2) is 4.79 Å². The van der Waals surface area contributed by atoms with Gasteiger partial charge in [0.25, 0.3) is 5.91 Å². The smallest absolute Gasteiger partial charge is 0.321 e.